The fourth-order valence-corrected chi connectivity index (χ4v) is 1.08. The van der Waals surface area contributed by atoms with Gasteiger partial charge in [0.15, 0.2) is 17.6 Å². The Morgan fingerprint density at radius 1 is 1.50 bits per heavy atom. The first-order chi connectivity index (χ1) is 7.58. The second kappa shape index (κ2) is 5.03. The highest BCUT2D eigenvalue weighted by atomic mass is 16.5. The molecule has 0 saturated heterocycles. The molecule has 1 N–H and O–H groups in total. The molecule has 0 fully saturated rings. The minimum absolute atomic E-state index is 0.247. The third-order valence-electron chi connectivity index (χ3n) is 1.94. The van der Waals surface area contributed by atoms with E-state index in [1.54, 1.807) is 12.1 Å². The fourth-order valence-electron chi connectivity index (χ4n) is 1.08. The Bertz CT molecular complexity index is 436. The maximum absolute atomic E-state index is 10.6. The van der Waals surface area contributed by atoms with Crippen LogP contribution in [0.3, 0.4) is 0 Å². The number of aliphatic carboxylic acids is 1. The molecule has 1 rings (SSSR count). The summed E-state index contributed by atoms with van der Waals surface area (Å²) in [5.41, 5.74) is 0.383. The largest absolute Gasteiger partial charge is 0.493 e. The lowest BCUT2D eigenvalue weighted by molar-refractivity contribution is -0.144. The Hall–Kier alpha value is -2.22. The van der Waals surface area contributed by atoms with E-state index in [1.165, 1.54) is 20.1 Å². The van der Waals surface area contributed by atoms with Gasteiger partial charge in [0.2, 0.25) is 0 Å². The molecular formula is C11H11NO4. The van der Waals surface area contributed by atoms with Crippen molar-refractivity contribution in [3.8, 4) is 17.6 Å². The van der Waals surface area contributed by atoms with Crippen molar-refractivity contribution in [3.05, 3.63) is 23.8 Å². The third kappa shape index (κ3) is 2.64. The van der Waals surface area contributed by atoms with E-state index in [0.29, 0.717) is 11.3 Å². The van der Waals surface area contributed by atoms with Crippen molar-refractivity contribution in [2.75, 3.05) is 7.11 Å². The van der Waals surface area contributed by atoms with Crippen LogP contribution in [-0.2, 0) is 4.79 Å². The van der Waals surface area contributed by atoms with Gasteiger partial charge in [-0.2, -0.15) is 5.26 Å². The molecule has 0 aromatic heterocycles. The molecule has 0 radical (unpaired) electrons. The van der Waals surface area contributed by atoms with Crippen LogP contribution in [0.15, 0.2) is 18.2 Å². The molecule has 0 aliphatic heterocycles. The Morgan fingerprint density at radius 3 is 2.69 bits per heavy atom. The van der Waals surface area contributed by atoms with Crippen molar-refractivity contribution >= 4 is 5.97 Å². The normalized spacial score (nSPS) is 11.3. The van der Waals surface area contributed by atoms with E-state index >= 15 is 0 Å². The molecule has 0 aliphatic rings. The summed E-state index contributed by atoms with van der Waals surface area (Å²) >= 11 is 0. The Morgan fingerprint density at radius 2 is 2.19 bits per heavy atom. The molecule has 1 aromatic carbocycles. The van der Waals surface area contributed by atoms with Crippen LogP contribution in [0.5, 0.6) is 11.5 Å². The monoisotopic (exact) mass is 221 g/mol. The number of hydrogen-bond acceptors (Lipinski definition) is 4. The Labute approximate surface area is 92.8 Å². The summed E-state index contributed by atoms with van der Waals surface area (Å²) in [6, 6.07) is 6.51. The molecule has 0 saturated carbocycles. The Balaban J connectivity index is 3.01. The predicted octanol–water partition coefficient (Wildman–Crippen LogP) is 1.42. The molecule has 0 bridgehead atoms. The van der Waals surface area contributed by atoms with Gasteiger partial charge >= 0.3 is 5.97 Å². The van der Waals surface area contributed by atoms with E-state index in [9.17, 15) is 4.79 Å². The lowest BCUT2D eigenvalue weighted by atomic mass is 10.2. The molecular weight excluding hydrogens is 210 g/mol. The quantitative estimate of drug-likeness (QED) is 0.831. The van der Waals surface area contributed by atoms with Crippen molar-refractivity contribution in [2.24, 2.45) is 0 Å². The molecule has 0 spiro atoms. The van der Waals surface area contributed by atoms with Gasteiger partial charge in [0.25, 0.3) is 0 Å². The first-order valence-corrected chi connectivity index (χ1v) is 4.56. The van der Waals surface area contributed by atoms with Crippen LogP contribution in [0.2, 0.25) is 0 Å². The van der Waals surface area contributed by atoms with Crippen LogP contribution in [0.1, 0.15) is 12.5 Å². The van der Waals surface area contributed by atoms with Gasteiger partial charge in [-0.3, -0.25) is 0 Å². The average Bonchev–Trinajstić information content (AvgIpc) is 2.28. The van der Waals surface area contributed by atoms with E-state index in [-0.39, 0.29) is 5.75 Å². The number of carbonyl (C=O) groups is 1. The molecule has 1 atom stereocenters. The minimum Gasteiger partial charge on any atom is -0.493 e. The zero-order valence-electron chi connectivity index (χ0n) is 8.93. The molecule has 0 aliphatic carbocycles. The summed E-state index contributed by atoms with van der Waals surface area (Å²) in [5, 5.41) is 17.4. The minimum atomic E-state index is -1.08. The summed E-state index contributed by atoms with van der Waals surface area (Å²) in [5.74, 6) is -0.437. The summed E-state index contributed by atoms with van der Waals surface area (Å²) in [7, 11) is 1.44. The smallest absolute Gasteiger partial charge is 0.344 e. The highest BCUT2D eigenvalue weighted by Gasteiger charge is 2.15. The second-order valence-electron chi connectivity index (χ2n) is 3.08. The number of ether oxygens (including phenoxy) is 2. The van der Waals surface area contributed by atoms with Crippen LogP contribution < -0.4 is 9.47 Å². The van der Waals surface area contributed by atoms with Crippen molar-refractivity contribution in [2.45, 2.75) is 13.0 Å². The molecule has 5 heteroatoms. The summed E-state index contributed by atoms with van der Waals surface area (Å²) < 4.78 is 10.2. The molecule has 0 amide bonds. The molecule has 1 unspecified atom stereocenters. The Kier molecular flexibility index (Phi) is 3.72. The SMILES string of the molecule is COc1ccc(C#N)cc1OC(C)C(=O)O. The predicted molar refractivity (Wildman–Crippen MR) is 55.4 cm³/mol. The number of nitrogens with zero attached hydrogens (tertiary/aromatic N) is 1. The third-order valence-corrected chi connectivity index (χ3v) is 1.94. The van der Waals surface area contributed by atoms with Crippen molar-refractivity contribution in [1.29, 1.82) is 5.26 Å². The van der Waals surface area contributed by atoms with Gasteiger partial charge < -0.3 is 14.6 Å². The summed E-state index contributed by atoms with van der Waals surface area (Å²) in [6.07, 6.45) is -0.997. The zero-order valence-corrected chi connectivity index (χ0v) is 8.93. The molecule has 1 aromatic rings. The molecule has 5 nitrogen and oxygen atoms in total. The van der Waals surface area contributed by atoms with E-state index in [2.05, 4.69) is 0 Å². The number of hydrogen-bond donors (Lipinski definition) is 1. The fraction of sp³-hybridized carbons (Fsp3) is 0.273. The number of carboxylic acid groups (broad SMARTS) is 1. The molecule has 16 heavy (non-hydrogen) atoms. The van der Waals surface area contributed by atoms with Gasteiger partial charge in [-0.05, 0) is 19.1 Å². The first-order valence-electron chi connectivity index (χ1n) is 4.56. The number of carboxylic acids is 1. The highest BCUT2D eigenvalue weighted by Crippen LogP contribution is 2.28. The number of nitriles is 1. The second-order valence-corrected chi connectivity index (χ2v) is 3.08. The average molecular weight is 221 g/mol. The molecule has 84 valence electrons. The topological polar surface area (TPSA) is 79.5 Å². The van der Waals surface area contributed by atoms with Crippen molar-refractivity contribution in [1.82, 2.24) is 0 Å². The summed E-state index contributed by atoms with van der Waals surface area (Å²) in [6.45, 7) is 1.40. The standard InChI is InChI=1S/C11H11NO4/c1-7(11(13)14)16-10-5-8(6-12)3-4-9(10)15-2/h3-5,7H,1-2H3,(H,13,14). The van der Waals surface area contributed by atoms with Gasteiger partial charge in [-0.15, -0.1) is 0 Å². The van der Waals surface area contributed by atoms with E-state index < -0.39 is 12.1 Å². The van der Waals surface area contributed by atoms with Crippen molar-refractivity contribution in [3.63, 3.8) is 0 Å². The van der Waals surface area contributed by atoms with Gasteiger partial charge in [-0.25, -0.2) is 4.79 Å². The lowest BCUT2D eigenvalue weighted by Gasteiger charge is -2.13. The molecule has 0 heterocycles. The van der Waals surface area contributed by atoms with Gasteiger partial charge in [0, 0.05) is 6.07 Å². The zero-order chi connectivity index (χ0) is 12.1. The van der Waals surface area contributed by atoms with Crippen LogP contribution in [-0.4, -0.2) is 24.3 Å². The van der Waals surface area contributed by atoms with Gasteiger partial charge in [0.05, 0.1) is 18.7 Å². The maximum Gasteiger partial charge on any atom is 0.344 e. The number of rotatable bonds is 4. The first kappa shape index (κ1) is 11.9. The number of methoxy groups -OCH3 is 1. The van der Waals surface area contributed by atoms with E-state index in [4.69, 9.17) is 19.8 Å². The highest BCUT2D eigenvalue weighted by molar-refractivity contribution is 5.72. The van der Waals surface area contributed by atoms with Crippen LogP contribution in [0.25, 0.3) is 0 Å². The number of benzene rings is 1. The van der Waals surface area contributed by atoms with Crippen LogP contribution in [0, 0.1) is 11.3 Å². The van der Waals surface area contributed by atoms with E-state index in [1.807, 2.05) is 6.07 Å². The lowest BCUT2D eigenvalue weighted by Crippen LogP contribution is -2.23. The van der Waals surface area contributed by atoms with Crippen molar-refractivity contribution < 1.29 is 19.4 Å². The maximum atomic E-state index is 10.6. The van der Waals surface area contributed by atoms with Crippen LogP contribution >= 0.6 is 0 Å². The summed E-state index contributed by atoms with van der Waals surface area (Å²) in [4.78, 5) is 10.6. The van der Waals surface area contributed by atoms with Gasteiger partial charge in [-0.1, -0.05) is 0 Å². The van der Waals surface area contributed by atoms with E-state index in [0.717, 1.165) is 0 Å². The van der Waals surface area contributed by atoms with Gasteiger partial charge in [0.1, 0.15) is 0 Å². The van der Waals surface area contributed by atoms with Crippen LogP contribution in [0.4, 0.5) is 0 Å².